The average molecular weight is 246 g/mol. The number of rotatable bonds is 0. The molecule has 2 saturated carbocycles. The first-order valence-corrected chi connectivity index (χ1v) is 6.44. The number of carbonyl (C=O) groups is 1. The summed E-state index contributed by atoms with van der Waals surface area (Å²) < 4.78 is 5.40. The third kappa shape index (κ3) is 1.25. The summed E-state index contributed by atoms with van der Waals surface area (Å²) in [7, 11) is 0. The van der Waals surface area contributed by atoms with Gasteiger partial charge in [0.05, 0.1) is 0 Å². The number of esters is 1. The van der Waals surface area contributed by atoms with Crippen LogP contribution in [-0.4, -0.2) is 22.8 Å². The molecule has 0 aromatic carbocycles. The first-order valence-electron chi connectivity index (χ1n) is 6.44. The zero-order valence-corrected chi connectivity index (χ0v) is 10.4. The number of ether oxygens (including phenoxy) is 1. The number of hydrogen-bond acceptors (Lipinski definition) is 3. The topological polar surface area (TPSA) is 46.5 Å². The second-order valence-electron chi connectivity index (χ2n) is 5.67. The molecular formula is C15H18O3. The van der Waals surface area contributed by atoms with Crippen LogP contribution in [0.15, 0.2) is 36.5 Å². The normalized spacial score (nSPS) is 43.5. The van der Waals surface area contributed by atoms with E-state index in [4.69, 9.17) is 4.74 Å². The van der Waals surface area contributed by atoms with Crippen molar-refractivity contribution in [2.75, 3.05) is 0 Å². The van der Waals surface area contributed by atoms with E-state index in [1.807, 2.05) is 0 Å². The number of carbonyl (C=O) groups excluding carboxylic acids is 1. The molecule has 0 spiro atoms. The molecule has 1 N–H and O–H groups in total. The molecule has 1 heterocycles. The molecule has 1 aliphatic heterocycles. The highest BCUT2D eigenvalue weighted by atomic mass is 16.6. The summed E-state index contributed by atoms with van der Waals surface area (Å²) in [5.41, 5.74) is 1.18. The summed E-state index contributed by atoms with van der Waals surface area (Å²) in [5.74, 6) is -0.498. The standard InChI is InChI=1S/C15H18O3/c1-8-4-6-11-10(3)14(16)18-13(11)15(17)9(2)5-7-12(8)15/h11-13,17H,1-7H2/t11-,12-,13-,15+/m0/s1. The summed E-state index contributed by atoms with van der Waals surface area (Å²) in [6, 6.07) is 0. The van der Waals surface area contributed by atoms with Gasteiger partial charge in [0.15, 0.2) is 0 Å². The van der Waals surface area contributed by atoms with Gasteiger partial charge in [-0.05, 0) is 31.3 Å². The molecule has 2 aliphatic carbocycles. The highest BCUT2D eigenvalue weighted by Crippen LogP contribution is 2.54. The Kier molecular flexibility index (Phi) is 2.33. The van der Waals surface area contributed by atoms with Gasteiger partial charge >= 0.3 is 5.97 Å². The van der Waals surface area contributed by atoms with E-state index in [0.29, 0.717) is 5.57 Å². The maximum absolute atomic E-state index is 11.7. The molecule has 3 nitrogen and oxygen atoms in total. The Bertz CT molecular complexity index is 476. The van der Waals surface area contributed by atoms with Crippen molar-refractivity contribution < 1.29 is 14.6 Å². The van der Waals surface area contributed by atoms with E-state index in [1.165, 1.54) is 0 Å². The summed E-state index contributed by atoms with van der Waals surface area (Å²) in [4.78, 5) is 11.7. The molecule has 0 radical (unpaired) electrons. The molecule has 3 aliphatic rings. The Morgan fingerprint density at radius 1 is 1.22 bits per heavy atom. The van der Waals surface area contributed by atoms with Crippen LogP contribution in [0.1, 0.15) is 25.7 Å². The predicted octanol–water partition coefficient (Wildman–Crippen LogP) is 2.13. The van der Waals surface area contributed by atoms with Crippen molar-refractivity contribution in [1.29, 1.82) is 0 Å². The van der Waals surface area contributed by atoms with E-state index in [2.05, 4.69) is 19.7 Å². The molecule has 0 aromatic rings. The first-order chi connectivity index (χ1) is 8.46. The third-order valence-corrected chi connectivity index (χ3v) is 4.84. The van der Waals surface area contributed by atoms with Crippen LogP contribution in [0.5, 0.6) is 0 Å². The minimum Gasteiger partial charge on any atom is -0.455 e. The lowest BCUT2D eigenvalue weighted by Gasteiger charge is -2.36. The number of aliphatic hydroxyl groups is 1. The van der Waals surface area contributed by atoms with Crippen molar-refractivity contribution >= 4 is 5.97 Å². The maximum Gasteiger partial charge on any atom is 0.334 e. The van der Waals surface area contributed by atoms with Gasteiger partial charge in [0.2, 0.25) is 0 Å². The minimum absolute atomic E-state index is 0.0290. The Hall–Kier alpha value is -1.35. The van der Waals surface area contributed by atoms with Crippen molar-refractivity contribution in [2.45, 2.75) is 37.4 Å². The van der Waals surface area contributed by atoms with Gasteiger partial charge in [-0.3, -0.25) is 0 Å². The van der Waals surface area contributed by atoms with Crippen LogP contribution in [0.3, 0.4) is 0 Å². The van der Waals surface area contributed by atoms with Crippen LogP contribution in [0.25, 0.3) is 0 Å². The van der Waals surface area contributed by atoms with Gasteiger partial charge < -0.3 is 9.84 Å². The highest BCUT2D eigenvalue weighted by molar-refractivity contribution is 5.91. The van der Waals surface area contributed by atoms with Crippen molar-refractivity contribution in [3.63, 3.8) is 0 Å². The Morgan fingerprint density at radius 3 is 2.67 bits per heavy atom. The second-order valence-corrected chi connectivity index (χ2v) is 5.67. The van der Waals surface area contributed by atoms with Gasteiger partial charge in [-0.25, -0.2) is 4.79 Å². The van der Waals surface area contributed by atoms with Gasteiger partial charge in [0, 0.05) is 17.4 Å². The van der Waals surface area contributed by atoms with Gasteiger partial charge in [-0.15, -0.1) is 0 Å². The average Bonchev–Trinajstić information content (AvgIpc) is 2.75. The van der Waals surface area contributed by atoms with Gasteiger partial charge in [-0.2, -0.15) is 0 Å². The second kappa shape index (κ2) is 3.58. The molecule has 18 heavy (non-hydrogen) atoms. The quantitative estimate of drug-likeness (QED) is 0.404. The fraction of sp³-hybridized carbons (Fsp3) is 0.533. The van der Waals surface area contributed by atoms with E-state index in [-0.39, 0.29) is 17.8 Å². The molecule has 4 atom stereocenters. The molecule has 1 saturated heterocycles. The van der Waals surface area contributed by atoms with Crippen LogP contribution in [0.4, 0.5) is 0 Å². The lowest BCUT2D eigenvalue weighted by Crippen LogP contribution is -2.48. The smallest absolute Gasteiger partial charge is 0.334 e. The van der Waals surface area contributed by atoms with E-state index >= 15 is 0 Å². The molecule has 3 heteroatoms. The van der Waals surface area contributed by atoms with Crippen LogP contribution in [-0.2, 0) is 9.53 Å². The van der Waals surface area contributed by atoms with E-state index in [1.54, 1.807) is 0 Å². The summed E-state index contributed by atoms with van der Waals surface area (Å²) in [6.45, 7) is 11.9. The molecule has 96 valence electrons. The van der Waals surface area contributed by atoms with Gasteiger partial charge in [0.25, 0.3) is 0 Å². The molecule has 0 amide bonds. The van der Waals surface area contributed by atoms with Crippen LogP contribution < -0.4 is 0 Å². The molecule has 3 rings (SSSR count). The van der Waals surface area contributed by atoms with Crippen LogP contribution >= 0.6 is 0 Å². The molecule has 0 aromatic heterocycles. The summed E-state index contributed by atoms with van der Waals surface area (Å²) in [6.07, 6.45) is 2.70. The van der Waals surface area contributed by atoms with E-state index in [9.17, 15) is 9.90 Å². The van der Waals surface area contributed by atoms with Gasteiger partial charge in [-0.1, -0.05) is 25.3 Å². The Labute approximate surface area is 107 Å². The molecule has 3 fully saturated rings. The zero-order chi connectivity index (χ0) is 13.1. The first kappa shape index (κ1) is 11.7. The molecule has 0 bridgehead atoms. The van der Waals surface area contributed by atoms with E-state index < -0.39 is 11.7 Å². The zero-order valence-electron chi connectivity index (χ0n) is 10.4. The number of hydrogen-bond donors (Lipinski definition) is 1. The number of fused-ring (bicyclic) bond motifs is 3. The lowest BCUT2D eigenvalue weighted by atomic mass is 9.77. The van der Waals surface area contributed by atoms with Crippen molar-refractivity contribution in [2.24, 2.45) is 11.8 Å². The maximum atomic E-state index is 11.7. The van der Waals surface area contributed by atoms with Crippen LogP contribution in [0, 0.1) is 11.8 Å². The van der Waals surface area contributed by atoms with Crippen LogP contribution in [0.2, 0.25) is 0 Å². The van der Waals surface area contributed by atoms with Gasteiger partial charge in [0.1, 0.15) is 11.7 Å². The monoisotopic (exact) mass is 246 g/mol. The molecule has 0 unspecified atom stereocenters. The lowest BCUT2D eigenvalue weighted by molar-refractivity contribution is -0.151. The SMILES string of the molecule is C=C1C(=O)O[C@H]2[C@H]1CCC(=C)[C@@H]1CCC(=C)[C@@]12O. The fourth-order valence-corrected chi connectivity index (χ4v) is 3.74. The molecular weight excluding hydrogens is 228 g/mol. The van der Waals surface area contributed by atoms with Crippen molar-refractivity contribution in [3.05, 3.63) is 36.5 Å². The fourth-order valence-electron chi connectivity index (χ4n) is 3.74. The summed E-state index contributed by atoms with van der Waals surface area (Å²) >= 11 is 0. The largest absolute Gasteiger partial charge is 0.455 e. The Morgan fingerprint density at radius 2 is 1.94 bits per heavy atom. The Balaban J connectivity index is 2.10. The third-order valence-electron chi connectivity index (χ3n) is 4.84. The summed E-state index contributed by atoms with van der Waals surface area (Å²) in [5, 5.41) is 11.1. The minimum atomic E-state index is -1.13. The van der Waals surface area contributed by atoms with Crippen molar-refractivity contribution in [1.82, 2.24) is 0 Å². The predicted molar refractivity (Wildman–Crippen MR) is 67.7 cm³/mol. The van der Waals surface area contributed by atoms with Crippen molar-refractivity contribution in [3.8, 4) is 0 Å². The van der Waals surface area contributed by atoms with E-state index in [0.717, 1.165) is 36.8 Å². The highest BCUT2D eigenvalue weighted by Gasteiger charge is 2.59.